The van der Waals surface area contributed by atoms with E-state index in [1.165, 1.54) is 18.9 Å². The molecule has 2 nitrogen and oxygen atoms in total. The van der Waals surface area contributed by atoms with Crippen LogP contribution in [0.3, 0.4) is 0 Å². The van der Waals surface area contributed by atoms with Gasteiger partial charge in [-0.3, -0.25) is 0 Å². The van der Waals surface area contributed by atoms with Crippen molar-refractivity contribution < 1.29 is 9.50 Å². The number of aliphatic hydroxyl groups is 1. The molecular weight excluding hydrogens is 253 g/mol. The summed E-state index contributed by atoms with van der Waals surface area (Å²) < 4.78 is 13.8. The summed E-state index contributed by atoms with van der Waals surface area (Å²) in [5, 5.41) is 9.96. The zero-order chi connectivity index (χ0) is 14.9. The number of benzene rings is 1. The molecule has 1 N–H and O–H groups in total. The molecule has 0 radical (unpaired) electrons. The van der Waals surface area contributed by atoms with E-state index in [4.69, 9.17) is 0 Å². The topological polar surface area (TPSA) is 23.5 Å². The molecule has 2 rings (SSSR count). The zero-order valence-electron chi connectivity index (χ0n) is 13.0. The van der Waals surface area contributed by atoms with Gasteiger partial charge in [0.2, 0.25) is 0 Å². The molecule has 1 aliphatic carbocycles. The lowest BCUT2D eigenvalue weighted by atomic mass is 10.0. The molecule has 1 aromatic rings. The van der Waals surface area contributed by atoms with Gasteiger partial charge in [0.15, 0.2) is 0 Å². The van der Waals surface area contributed by atoms with Crippen LogP contribution < -0.4 is 4.90 Å². The summed E-state index contributed by atoms with van der Waals surface area (Å²) in [6, 6.07) is 3.96. The lowest BCUT2D eigenvalue weighted by molar-refractivity contribution is 0.199. The fraction of sp³-hybridized carbons (Fsp3) is 0.647. The van der Waals surface area contributed by atoms with Gasteiger partial charge in [0.05, 0.1) is 6.10 Å². The van der Waals surface area contributed by atoms with Gasteiger partial charge in [-0.05, 0) is 56.7 Å². The Morgan fingerprint density at radius 3 is 2.45 bits per heavy atom. The molecule has 1 fully saturated rings. The highest BCUT2D eigenvalue weighted by molar-refractivity contribution is 5.58. The fourth-order valence-corrected chi connectivity index (χ4v) is 2.55. The van der Waals surface area contributed by atoms with Crippen LogP contribution in [0, 0.1) is 18.7 Å². The van der Waals surface area contributed by atoms with Crippen LogP contribution in [-0.2, 0) is 0 Å². The molecule has 0 aliphatic heterocycles. The van der Waals surface area contributed by atoms with E-state index in [-0.39, 0.29) is 5.82 Å². The smallest absolute Gasteiger partial charge is 0.126 e. The predicted octanol–water partition coefficient (Wildman–Crippen LogP) is 4.20. The number of rotatable bonds is 6. The van der Waals surface area contributed by atoms with E-state index < -0.39 is 6.10 Å². The Morgan fingerprint density at radius 1 is 1.30 bits per heavy atom. The number of halogens is 1. The van der Waals surface area contributed by atoms with Gasteiger partial charge in [-0.1, -0.05) is 13.8 Å². The average molecular weight is 279 g/mol. The van der Waals surface area contributed by atoms with Crippen molar-refractivity contribution in [3.05, 3.63) is 29.1 Å². The molecule has 1 atom stereocenters. The first-order valence-electron chi connectivity index (χ1n) is 7.65. The largest absolute Gasteiger partial charge is 0.389 e. The predicted molar refractivity (Wildman–Crippen MR) is 81.6 cm³/mol. The zero-order valence-corrected chi connectivity index (χ0v) is 13.0. The van der Waals surface area contributed by atoms with Gasteiger partial charge in [-0.15, -0.1) is 0 Å². The Labute approximate surface area is 121 Å². The van der Waals surface area contributed by atoms with Crippen LogP contribution >= 0.6 is 0 Å². The lowest BCUT2D eigenvalue weighted by Crippen LogP contribution is -2.29. The molecule has 0 bridgehead atoms. The maximum Gasteiger partial charge on any atom is 0.126 e. The number of aryl methyl sites for hydroxylation is 1. The van der Waals surface area contributed by atoms with Crippen LogP contribution in [0.1, 0.15) is 57.3 Å². The number of hydrogen-bond acceptors (Lipinski definition) is 2. The standard InChI is InChI=1S/C17H26FNO/c1-11(2)7-8-19(14-5-6-14)17-9-12(3)16(18)10-15(17)13(4)20/h9-11,13-14,20H,5-8H2,1-4H3/t13-/m1/s1. The summed E-state index contributed by atoms with van der Waals surface area (Å²) in [7, 11) is 0. The molecule has 1 aromatic carbocycles. The van der Waals surface area contributed by atoms with Crippen molar-refractivity contribution in [3.8, 4) is 0 Å². The number of hydrogen-bond donors (Lipinski definition) is 1. The second-order valence-corrected chi connectivity index (χ2v) is 6.44. The highest BCUT2D eigenvalue weighted by Crippen LogP contribution is 2.37. The normalized spacial score (nSPS) is 16.6. The summed E-state index contributed by atoms with van der Waals surface area (Å²) in [5.41, 5.74) is 2.38. The third-order valence-corrected chi connectivity index (χ3v) is 4.00. The molecular formula is C17H26FNO. The van der Waals surface area contributed by atoms with Gasteiger partial charge in [0, 0.05) is 23.8 Å². The molecule has 0 spiro atoms. The highest BCUT2D eigenvalue weighted by Gasteiger charge is 2.31. The Kier molecular flexibility index (Phi) is 4.69. The van der Waals surface area contributed by atoms with Gasteiger partial charge in [-0.25, -0.2) is 4.39 Å². The van der Waals surface area contributed by atoms with Crippen LogP contribution in [0.2, 0.25) is 0 Å². The van der Waals surface area contributed by atoms with Crippen molar-refractivity contribution in [2.45, 2.75) is 59.1 Å². The number of nitrogens with zero attached hydrogens (tertiary/aromatic N) is 1. The van der Waals surface area contributed by atoms with Gasteiger partial charge in [-0.2, -0.15) is 0 Å². The second kappa shape index (κ2) is 6.13. The highest BCUT2D eigenvalue weighted by atomic mass is 19.1. The van der Waals surface area contributed by atoms with Gasteiger partial charge < -0.3 is 10.0 Å². The maximum absolute atomic E-state index is 13.8. The van der Waals surface area contributed by atoms with Crippen LogP contribution in [-0.4, -0.2) is 17.7 Å². The van der Waals surface area contributed by atoms with E-state index >= 15 is 0 Å². The lowest BCUT2D eigenvalue weighted by Gasteiger charge is -2.29. The Balaban J connectivity index is 2.33. The van der Waals surface area contributed by atoms with Gasteiger partial charge in [0.25, 0.3) is 0 Å². The molecule has 1 saturated carbocycles. The van der Waals surface area contributed by atoms with Crippen LogP contribution in [0.4, 0.5) is 10.1 Å². The summed E-state index contributed by atoms with van der Waals surface area (Å²) in [4.78, 5) is 2.37. The number of aliphatic hydroxyl groups excluding tert-OH is 1. The maximum atomic E-state index is 13.8. The molecule has 1 aliphatic rings. The summed E-state index contributed by atoms with van der Waals surface area (Å²) in [6.07, 6.45) is 2.88. The SMILES string of the molecule is Cc1cc(N(CCC(C)C)C2CC2)c([C@@H](C)O)cc1F. The first-order chi connectivity index (χ1) is 9.40. The van der Waals surface area contributed by atoms with E-state index in [9.17, 15) is 9.50 Å². The van der Waals surface area contributed by atoms with Crippen molar-refractivity contribution in [2.75, 3.05) is 11.4 Å². The number of anilines is 1. The molecule has 112 valence electrons. The van der Waals surface area contributed by atoms with E-state index in [1.54, 1.807) is 13.8 Å². The Hall–Kier alpha value is -1.09. The van der Waals surface area contributed by atoms with Crippen LogP contribution in [0.25, 0.3) is 0 Å². The summed E-state index contributed by atoms with van der Waals surface area (Å²) >= 11 is 0. The van der Waals surface area contributed by atoms with E-state index in [2.05, 4.69) is 18.7 Å². The summed E-state index contributed by atoms with van der Waals surface area (Å²) in [6.45, 7) is 8.92. The third-order valence-electron chi connectivity index (χ3n) is 4.00. The van der Waals surface area contributed by atoms with E-state index in [1.807, 2.05) is 6.07 Å². The molecule has 0 unspecified atom stereocenters. The summed E-state index contributed by atoms with van der Waals surface area (Å²) in [5.74, 6) is 0.414. The second-order valence-electron chi connectivity index (χ2n) is 6.44. The monoisotopic (exact) mass is 279 g/mol. The minimum Gasteiger partial charge on any atom is -0.389 e. The van der Waals surface area contributed by atoms with Crippen LogP contribution in [0.15, 0.2) is 12.1 Å². The van der Waals surface area contributed by atoms with E-state index in [0.29, 0.717) is 23.1 Å². The third kappa shape index (κ3) is 3.51. The van der Waals surface area contributed by atoms with Gasteiger partial charge >= 0.3 is 0 Å². The molecule has 0 aromatic heterocycles. The quantitative estimate of drug-likeness (QED) is 0.843. The molecule has 20 heavy (non-hydrogen) atoms. The molecule has 0 heterocycles. The van der Waals surface area contributed by atoms with Gasteiger partial charge in [0.1, 0.15) is 5.82 Å². The van der Waals surface area contributed by atoms with Crippen molar-refractivity contribution in [2.24, 2.45) is 5.92 Å². The van der Waals surface area contributed by atoms with Crippen molar-refractivity contribution in [3.63, 3.8) is 0 Å². The first kappa shape index (κ1) is 15.3. The van der Waals surface area contributed by atoms with Crippen molar-refractivity contribution >= 4 is 5.69 Å². The minimum absolute atomic E-state index is 0.232. The molecule has 3 heteroatoms. The Morgan fingerprint density at radius 2 is 1.95 bits per heavy atom. The molecule has 0 saturated heterocycles. The van der Waals surface area contributed by atoms with Crippen molar-refractivity contribution in [1.29, 1.82) is 0 Å². The molecule has 0 amide bonds. The van der Waals surface area contributed by atoms with E-state index in [0.717, 1.165) is 18.7 Å². The Bertz CT molecular complexity index is 466. The fourth-order valence-electron chi connectivity index (χ4n) is 2.55. The first-order valence-corrected chi connectivity index (χ1v) is 7.65. The van der Waals surface area contributed by atoms with Crippen molar-refractivity contribution in [1.82, 2.24) is 0 Å². The van der Waals surface area contributed by atoms with Crippen LogP contribution in [0.5, 0.6) is 0 Å². The minimum atomic E-state index is -0.639. The average Bonchev–Trinajstić information content (AvgIpc) is 3.17.